The lowest BCUT2D eigenvalue weighted by Crippen LogP contribution is -2.30. The van der Waals surface area contributed by atoms with Crippen molar-refractivity contribution >= 4 is 34.9 Å². The van der Waals surface area contributed by atoms with Crippen molar-refractivity contribution in [1.29, 1.82) is 0 Å². The molecule has 2 N–H and O–H groups in total. The summed E-state index contributed by atoms with van der Waals surface area (Å²) in [4.78, 5) is 33.8. The minimum Gasteiger partial charge on any atom is -0.507 e. The SMILES string of the molecule is CC(OC(=O)c1cc(Cl)ccc1O)C(=O)Nc1ccc(F)c([N+](=O)[O-])c1. The van der Waals surface area contributed by atoms with E-state index in [1.807, 2.05) is 0 Å². The molecule has 0 fully saturated rings. The molecule has 2 aromatic carbocycles. The summed E-state index contributed by atoms with van der Waals surface area (Å²) >= 11 is 5.74. The molecule has 136 valence electrons. The molecule has 1 unspecified atom stereocenters. The third kappa shape index (κ3) is 4.45. The standard InChI is InChI=1S/C16H12ClFN2O6/c1-8(26-16(23)11-6-9(17)2-5-14(11)21)15(22)19-10-3-4-12(18)13(7-10)20(24)25/h2-8,21H,1H3,(H,19,22). The van der Waals surface area contributed by atoms with Crippen LogP contribution in [0.3, 0.4) is 0 Å². The summed E-state index contributed by atoms with van der Waals surface area (Å²) in [6.07, 6.45) is -1.30. The number of nitro groups is 1. The number of carbonyl (C=O) groups is 2. The number of anilines is 1. The van der Waals surface area contributed by atoms with Gasteiger partial charge in [-0.15, -0.1) is 0 Å². The first-order valence-electron chi connectivity index (χ1n) is 7.13. The fourth-order valence-corrected chi connectivity index (χ4v) is 2.10. The molecule has 1 amide bonds. The molecule has 0 radical (unpaired) electrons. The van der Waals surface area contributed by atoms with E-state index in [-0.39, 0.29) is 22.0 Å². The molecule has 0 bridgehead atoms. The molecule has 0 aromatic heterocycles. The van der Waals surface area contributed by atoms with Gasteiger partial charge in [0.25, 0.3) is 5.91 Å². The van der Waals surface area contributed by atoms with Crippen molar-refractivity contribution < 1.29 is 28.7 Å². The van der Waals surface area contributed by atoms with Gasteiger partial charge in [0.2, 0.25) is 5.82 Å². The lowest BCUT2D eigenvalue weighted by molar-refractivity contribution is -0.387. The van der Waals surface area contributed by atoms with Gasteiger partial charge in [0.05, 0.1) is 4.92 Å². The number of benzene rings is 2. The van der Waals surface area contributed by atoms with E-state index < -0.39 is 34.4 Å². The van der Waals surface area contributed by atoms with E-state index in [2.05, 4.69) is 5.32 Å². The van der Waals surface area contributed by atoms with E-state index in [0.717, 1.165) is 18.2 Å². The number of phenolic OH excluding ortho intramolecular Hbond substituents is 1. The van der Waals surface area contributed by atoms with Gasteiger partial charge >= 0.3 is 11.7 Å². The number of phenols is 1. The summed E-state index contributed by atoms with van der Waals surface area (Å²) in [5, 5.41) is 22.8. The molecule has 0 heterocycles. The second-order valence-electron chi connectivity index (χ2n) is 5.12. The Bertz CT molecular complexity index is 889. The summed E-state index contributed by atoms with van der Waals surface area (Å²) < 4.78 is 18.2. The van der Waals surface area contributed by atoms with Crippen molar-refractivity contribution in [2.24, 2.45) is 0 Å². The maximum atomic E-state index is 13.3. The largest absolute Gasteiger partial charge is 0.507 e. The predicted molar refractivity (Wildman–Crippen MR) is 89.7 cm³/mol. The summed E-state index contributed by atoms with van der Waals surface area (Å²) in [6, 6.07) is 6.52. The third-order valence-electron chi connectivity index (χ3n) is 3.24. The Balaban J connectivity index is 2.08. The van der Waals surface area contributed by atoms with Gasteiger partial charge in [-0.05, 0) is 37.3 Å². The van der Waals surface area contributed by atoms with Gasteiger partial charge in [-0.2, -0.15) is 4.39 Å². The summed E-state index contributed by atoms with van der Waals surface area (Å²) in [6.45, 7) is 1.26. The van der Waals surface area contributed by atoms with E-state index in [1.165, 1.54) is 25.1 Å². The molecule has 26 heavy (non-hydrogen) atoms. The van der Waals surface area contributed by atoms with Crippen molar-refractivity contribution in [2.75, 3.05) is 5.32 Å². The highest BCUT2D eigenvalue weighted by Gasteiger charge is 2.22. The number of hydrogen-bond donors (Lipinski definition) is 2. The van der Waals surface area contributed by atoms with Crippen molar-refractivity contribution in [3.63, 3.8) is 0 Å². The average molecular weight is 383 g/mol. The second kappa shape index (κ2) is 7.79. The summed E-state index contributed by atoms with van der Waals surface area (Å²) in [5.74, 6) is -3.22. The fourth-order valence-electron chi connectivity index (χ4n) is 1.92. The third-order valence-corrected chi connectivity index (χ3v) is 3.48. The Morgan fingerprint density at radius 2 is 2.00 bits per heavy atom. The highest BCUT2D eigenvalue weighted by molar-refractivity contribution is 6.31. The van der Waals surface area contributed by atoms with Crippen LogP contribution in [-0.4, -0.2) is 28.0 Å². The predicted octanol–water partition coefficient (Wildman–Crippen LogP) is 3.28. The lowest BCUT2D eigenvalue weighted by Gasteiger charge is -2.14. The van der Waals surface area contributed by atoms with Gasteiger partial charge in [0.15, 0.2) is 6.10 Å². The number of nitrogens with one attached hydrogen (secondary N) is 1. The van der Waals surface area contributed by atoms with E-state index >= 15 is 0 Å². The quantitative estimate of drug-likeness (QED) is 0.465. The zero-order valence-electron chi connectivity index (χ0n) is 13.2. The van der Waals surface area contributed by atoms with Crippen LogP contribution < -0.4 is 5.32 Å². The van der Waals surface area contributed by atoms with Crippen LogP contribution in [0.1, 0.15) is 17.3 Å². The molecule has 2 aromatic rings. The number of halogens is 2. The Labute approximate surface area is 151 Å². The fraction of sp³-hybridized carbons (Fsp3) is 0.125. The molecule has 1 atom stereocenters. The van der Waals surface area contributed by atoms with E-state index in [4.69, 9.17) is 16.3 Å². The monoisotopic (exact) mass is 382 g/mol. The highest BCUT2D eigenvalue weighted by atomic mass is 35.5. The maximum absolute atomic E-state index is 13.3. The average Bonchev–Trinajstić information content (AvgIpc) is 2.58. The van der Waals surface area contributed by atoms with Crippen molar-refractivity contribution in [3.05, 3.63) is 62.9 Å². The van der Waals surface area contributed by atoms with Crippen molar-refractivity contribution in [2.45, 2.75) is 13.0 Å². The van der Waals surface area contributed by atoms with E-state index in [9.17, 15) is 29.2 Å². The smallest absolute Gasteiger partial charge is 0.342 e. The molecule has 8 nitrogen and oxygen atoms in total. The van der Waals surface area contributed by atoms with Gasteiger partial charge < -0.3 is 15.2 Å². The normalized spacial score (nSPS) is 11.5. The number of nitrogens with zero attached hydrogens (tertiary/aromatic N) is 1. The number of carbonyl (C=O) groups excluding carboxylic acids is 2. The molecule has 0 aliphatic rings. The van der Waals surface area contributed by atoms with Crippen LogP contribution in [0, 0.1) is 15.9 Å². The second-order valence-corrected chi connectivity index (χ2v) is 5.56. The van der Waals surface area contributed by atoms with Gasteiger partial charge in [0.1, 0.15) is 11.3 Å². The van der Waals surface area contributed by atoms with Crippen LogP contribution >= 0.6 is 11.6 Å². The summed E-state index contributed by atoms with van der Waals surface area (Å²) in [5.41, 5.74) is -1.08. The first kappa shape index (κ1) is 19.1. The molecule has 0 aliphatic carbocycles. The first-order chi connectivity index (χ1) is 12.2. The van der Waals surface area contributed by atoms with Crippen LogP contribution in [0.25, 0.3) is 0 Å². The van der Waals surface area contributed by atoms with Crippen molar-refractivity contribution in [1.82, 2.24) is 0 Å². The molecule has 0 spiro atoms. The number of aromatic hydroxyl groups is 1. The van der Waals surface area contributed by atoms with Gasteiger partial charge in [-0.1, -0.05) is 11.6 Å². The number of rotatable bonds is 5. The zero-order valence-corrected chi connectivity index (χ0v) is 14.0. The minimum absolute atomic E-state index is 0.0448. The van der Waals surface area contributed by atoms with Crippen LogP contribution in [0.5, 0.6) is 5.75 Å². The minimum atomic E-state index is -1.30. The Morgan fingerprint density at radius 3 is 2.65 bits per heavy atom. The Hall–Kier alpha value is -3.20. The topological polar surface area (TPSA) is 119 Å². The van der Waals surface area contributed by atoms with Gasteiger partial charge in [-0.25, -0.2) is 4.79 Å². The van der Waals surface area contributed by atoms with Crippen LogP contribution in [0.2, 0.25) is 5.02 Å². The van der Waals surface area contributed by atoms with E-state index in [0.29, 0.717) is 0 Å². The summed E-state index contributed by atoms with van der Waals surface area (Å²) in [7, 11) is 0. The van der Waals surface area contributed by atoms with Crippen molar-refractivity contribution in [3.8, 4) is 5.75 Å². The number of hydrogen-bond acceptors (Lipinski definition) is 6. The Kier molecular flexibility index (Phi) is 5.73. The lowest BCUT2D eigenvalue weighted by atomic mass is 10.2. The number of ether oxygens (including phenoxy) is 1. The first-order valence-corrected chi connectivity index (χ1v) is 7.51. The molecule has 0 aliphatic heterocycles. The van der Waals surface area contributed by atoms with Crippen LogP contribution in [-0.2, 0) is 9.53 Å². The number of esters is 1. The maximum Gasteiger partial charge on any atom is 0.342 e. The molecule has 10 heteroatoms. The highest BCUT2D eigenvalue weighted by Crippen LogP contribution is 2.24. The molecular weight excluding hydrogens is 371 g/mol. The van der Waals surface area contributed by atoms with Crippen LogP contribution in [0.4, 0.5) is 15.8 Å². The molecule has 0 saturated heterocycles. The number of amides is 1. The van der Waals surface area contributed by atoms with Gasteiger partial charge in [0, 0.05) is 16.8 Å². The molecular formula is C16H12ClFN2O6. The van der Waals surface area contributed by atoms with Gasteiger partial charge in [-0.3, -0.25) is 14.9 Å². The molecule has 2 rings (SSSR count). The van der Waals surface area contributed by atoms with Crippen LogP contribution in [0.15, 0.2) is 36.4 Å². The number of nitro benzene ring substituents is 1. The zero-order chi connectivity index (χ0) is 19.4. The molecule has 0 saturated carbocycles. The van der Waals surface area contributed by atoms with E-state index in [1.54, 1.807) is 0 Å². The Morgan fingerprint density at radius 1 is 1.31 bits per heavy atom.